The van der Waals surface area contributed by atoms with E-state index in [1.807, 2.05) is 13.8 Å². The lowest BCUT2D eigenvalue weighted by Crippen LogP contribution is -2.38. The van der Waals surface area contributed by atoms with Crippen LogP contribution in [0, 0.1) is 5.92 Å². The predicted octanol–water partition coefficient (Wildman–Crippen LogP) is 3.11. The van der Waals surface area contributed by atoms with Crippen LogP contribution in [0.2, 0.25) is 0 Å². The normalized spacial score (nSPS) is 18.5. The van der Waals surface area contributed by atoms with Gasteiger partial charge in [0.15, 0.2) is 0 Å². The van der Waals surface area contributed by atoms with Crippen molar-refractivity contribution in [1.82, 2.24) is 4.90 Å². The van der Waals surface area contributed by atoms with Crippen LogP contribution in [-0.2, 0) is 4.79 Å². The first-order chi connectivity index (χ1) is 7.09. The molecular weight excluding hydrogens is 186 g/mol. The van der Waals surface area contributed by atoms with Crippen LogP contribution in [0.3, 0.4) is 0 Å². The number of carbonyl (C=O) groups excluding carboxylic acids is 1. The van der Waals surface area contributed by atoms with E-state index >= 15 is 0 Å². The number of hydrogen-bond donors (Lipinski definition) is 0. The van der Waals surface area contributed by atoms with E-state index in [1.54, 1.807) is 6.92 Å². The van der Waals surface area contributed by atoms with Gasteiger partial charge >= 0.3 is 0 Å². The van der Waals surface area contributed by atoms with E-state index in [-0.39, 0.29) is 0 Å². The quantitative estimate of drug-likeness (QED) is 0.718. The summed E-state index contributed by atoms with van der Waals surface area (Å²) in [6, 6.07) is 0.665. The molecule has 1 aliphatic rings. The summed E-state index contributed by atoms with van der Waals surface area (Å²) in [5, 5.41) is 0. The summed E-state index contributed by atoms with van der Waals surface area (Å²) >= 11 is 0. The van der Waals surface area contributed by atoms with E-state index in [0.717, 1.165) is 6.42 Å². The predicted molar refractivity (Wildman–Crippen MR) is 66.1 cm³/mol. The highest BCUT2D eigenvalue weighted by Gasteiger charge is 2.21. The Balaban J connectivity index is 0.000000921. The maximum absolute atomic E-state index is 10.9. The van der Waals surface area contributed by atoms with Gasteiger partial charge in [-0.15, -0.1) is 0 Å². The summed E-state index contributed by atoms with van der Waals surface area (Å²) in [5.41, 5.74) is 0. The molecule has 0 spiro atoms. The second-order valence-corrected chi connectivity index (χ2v) is 4.48. The van der Waals surface area contributed by atoms with Crippen LogP contribution in [0.5, 0.6) is 0 Å². The van der Waals surface area contributed by atoms with Gasteiger partial charge in [0.1, 0.15) is 5.78 Å². The smallest absolute Gasteiger partial charge is 0.130 e. The molecule has 2 nitrogen and oxygen atoms in total. The molecule has 1 saturated heterocycles. The van der Waals surface area contributed by atoms with Gasteiger partial charge in [0.25, 0.3) is 0 Å². The van der Waals surface area contributed by atoms with Crippen LogP contribution in [-0.4, -0.2) is 29.8 Å². The third kappa shape index (κ3) is 5.93. The largest absolute Gasteiger partial charge is 0.301 e. The van der Waals surface area contributed by atoms with Gasteiger partial charge in [-0.3, -0.25) is 0 Å². The van der Waals surface area contributed by atoms with Crippen LogP contribution >= 0.6 is 0 Å². The molecule has 0 saturated carbocycles. The average Bonchev–Trinajstić information content (AvgIpc) is 2.20. The molecule has 0 N–H and O–H groups in total. The van der Waals surface area contributed by atoms with Crippen molar-refractivity contribution in [3.8, 4) is 0 Å². The van der Waals surface area contributed by atoms with E-state index in [9.17, 15) is 4.79 Å². The Morgan fingerprint density at radius 1 is 1.27 bits per heavy atom. The Morgan fingerprint density at radius 3 is 2.07 bits per heavy atom. The molecule has 1 aliphatic heterocycles. The van der Waals surface area contributed by atoms with Gasteiger partial charge in [-0.2, -0.15) is 0 Å². The van der Waals surface area contributed by atoms with Crippen LogP contribution < -0.4 is 0 Å². The highest BCUT2D eigenvalue weighted by Crippen LogP contribution is 2.21. The maximum atomic E-state index is 10.9. The van der Waals surface area contributed by atoms with Gasteiger partial charge < -0.3 is 9.69 Å². The fourth-order valence-corrected chi connectivity index (χ4v) is 2.08. The zero-order valence-electron chi connectivity index (χ0n) is 11.0. The van der Waals surface area contributed by atoms with Crippen LogP contribution in [0.4, 0.5) is 0 Å². The molecule has 1 heterocycles. The summed E-state index contributed by atoms with van der Waals surface area (Å²) in [6.45, 7) is 12.5. The van der Waals surface area contributed by atoms with E-state index < -0.39 is 0 Å². The topological polar surface area (TPSA) is 20.3 Å². The molecule has 1 fully saturated rings. The Labute approximate surface area is 95.0 Å². The fraction of sp³-hybridized carbons (Fsp3) is 0.923. The number of nitrogens with zero attached hydrogens (tertiary/aromatic N) is 1. The Bertz CT molecular complexity index is 169. The molecular formula is C13H27NO. The first kappa shape index (κ1) is 14.6. The Hall–Kier alpha value is -0.370. The molecule has 0 aromatic heterocycles. The minimum absolute atomic E-state index is 0.350. The number of likely N-dealkylation sites (tertiary alicyclic amines) is 1. The monoisotopic (exact) mass is 213 g/mol. The molecule has 0 amide bonds. The minimum Gasteiger partial charge on any atom is -0.301 e. The highest BCUT2D eigenvalue weighted by molar-refractivity contribution is 5.75. The standard InChI is InChI=1S/C11H21NO.C2H6/c1-9(2)12-6-4-11(5-7-12)8-10(3)13;1-2/h9,11H,4-8H2,1-3H3;1-2H3. The summed E-state index contributed by atoms with van der Waals surface area (Å²) in [4.78, 5) is 13.4. The van der Waals surface area contributed by atoms with Gasteiger partial charge in [-0.25, -0.2) is 0 Å². The van der Waals surface area contributed by atoms with E-state index in [4.69, 9.17) is 0 Å². The number of ketones is 1. The molecule has 0 aliphatic carbocycles. The molecule has 15 heavy (non-hydrogen) atoms. The van der Waals surface area contributed by atoms with Crippen molar-refractivity contribution >= 4 is 5.78 Å². The zero-order chi connectivity index (χ0) is 11.8. The molecule has 2 heteroatoms. The lowest BCUT2D eigenvalue weighted by atomic mass is 9.91. The second-order valence-electron chi connectivity index (χ2n) is 4.48. The van der Waals surface area contributed by atoms with E-state index in [2.05, 4.69) is 18.7 Å². The number of rotatable bonds is 3. The molecule has 1 rings (SSSR count). The van der Waals surface area contributed by atoms with E-state index in [0.29, 0.717) is 17.7 Å². The molecule has 0 aromatic rings. The maximum Gasteiger partial charge on any atom is 0.130 e. The second kappa shape index (κ2) is 7.86. The van der Waals surface area contributed by atoms with Gasteiger partial charge in [-0.05, 0) is 52.6 Å². The molecule has 0 bridgehead atoms. The van der Waals surface area contributed by atoms with Crippen molar-refractivity contribution in [3.05, 3.63) is 0 Å². The third-order valence-electron chi connectivity index (χ3n) is 2.96. The number of piperidine rings is 1. The van der Waals surface area contributed by atoms with Crippen molar-refractivity contribution in [3.63, 3.8) is 0 Å². The fourth-order valence-electron chi connectivity index (χ4n) is 2.08. The zero-order valence-corrected chi connectivity index (χ0v) is 11.0. The van der Waals surface area contributed by atoms with Crippen LogP contribution in [0.1, 0.15) is 53.9 Å². The molecule has 0 unspecified atom stereocenters. The van der Waals surface area contributed by atoms with E-state index in [1.165, 1.54) is 25.9 Å². The average molecular weight is 213 g/mol. The lowest BCUT2D eigenvalue weighted by molar-refractivity contribution is -0.118. The van der Waals surface area contributed by atoms with Crippen molar-refractivity contribution in [2.45, 2.75) is 59.9 Å². The highest BCUT2D eigenvalue weighted by atomic mass is 16.1. The van der Waals surface area contributed by atoms with Gasteiger partial charge in [0.2, 0.25) is 0 Å². The van der Waals surface area contributed by atoms with Crippen molar-refractivity contribution < 1.29 is 4.79 Å². The molecule has 0 atom stereocenters. The third-order valence-corrected chi connectivity index (χ3v) is 2.96. The van der Waals surface area contributed by atoms with Gasteiger partial charge in [0.05, 0.1) is 0 Å². The Morgan fingerprint density at radius 2 is 1.73 bits per heavy atom. The van der Waals surface area contributed by atoms with Crippen LogP contribution in [0.15, 0.2) is 0 Å². The number of Topliss-reactive ketones (excluding diaryl/α,β-unsaturated/α-hetero) is 1. The number of carbonyl (C=O) groups is 1. The minimum atomic E-state index is 0.350. The summed E-state index contributed by atoms with van der Waals surface area (Å²) in [6.07, 6.45) is 3.21. The summed E-state index contributed by atoms with van der Waals surface area (Å²) in [5.74, 6) is 1.01. The van der Waals surface area contributed by atoms with Crippen LogP contribution in [0.25, 0.3) is 0 Å². The van der Waals surface area contributed by atoms with Crippen molar-refractivity contribution in [2.24, 2.45) is 5.92 Å². The summed E-state index contributed by atoms with van der Waals surface area (Å²) in [7, 11) is 0. The number of hydrogen-bond acceptors (Lipinski definition) is 2. The van der Waals surface area contributed by atoms with Gasteiger partial charge in [0, 0.05) is 12.5 Å². The molecule has 0 radical (unpaired) electrons. The lowest BCUT2D eigenvalue weighted by Gasteiger charge is -2.34. The molecule has 0 aromatic carbocycles. The first-order valence-corrected chi connectivity index (χ1v) is 6.33. The first-order valence-electron chi connectivity index (χ1n) is 6.33. The summed E-state index contributed by atoms with van der Waals surface area (Å²) < 4.78 is 0. The van der Waals surface area contributed by atoms with Gasteiger partial charge in [-0.1, -0.05) is 13.8 Å². The Kier molecular flexibility index (Phi) is 7.67. The van der Waals surface area contributed by atoms with Crippen molar-refractivity contribution in [2.75, 3.05) is 13.1 Å². The van der Waals surface area contributed by atoms with Crippen molar-refractivity contribution in [1.29, 1.82) is 0 Å². The molecule has 90 valence electrons. The SMILES string of the molecule is CC.CC(=O)CC1CCN(C(C)C)CC1.